The van der Waals surface area contributed by atoms with E-state index in [0.29, 0.717) is 12.0 Å². The van der Waals surface area contributed by atoms with Gasteiger partial charge in [0.15, 0.2) is 0 Å². The molecule has 2 atom stereocenters. The number of H-pyrrole nitrogens is 1. The molecule has 96 valence electrons. The largest absolute Gasteiger partial charge is 0.361 e. The van der Waals surface area contributed by atoms with Gasteiger partial charge in [-0.25, -0.2) is 4.39 Å². The van der Waals surface area contributed by atoms with Gasteiger partial charge in [0, 0.05) is 23.1 Å². The third kappa shape index (κ3) is 1.93. The number of nitrogens with zero attached hydrogens (tertiary/aromatic N) is 1. The van der Waals surface area contributed by atoms with E-state index < -0.39 is 0 Å². The van der Waals surface area contributed by atoms with E-state index in [-0.39, 0.29) is 5.82 Å². The molecule has 0 aliphatic heterocycles. The van der Waals surface area contributed by atoms with Crippen molar-refractivity contribution < 1.29 is 4.39 Å². The molecule has 1 N–H and O–H groups in total. The number of aromatic amines is 1. The second-order valence-electron chi connectivity index (χ2n) is 5.56. The molecule has 1 aromatic carbocycles. The summed E-state index contributed by atoms with van der Waals surface area (Å²) in [5.41, 5.74) is 2.33. The molecular formula is C15H19FN2. The number of halogens is 1. The van der Waals surface area contributed by atoms with E-state index in [1.54, 1.807) is 6.07 Å². The van der Waals surface area contributed by atoms with Gasteiger partial charge in [-0.3, -0.25) is 0 Å². The van der Waals surface area contributed by atoms with Crippen molar-refractivity contribution in [2.24, 2.45) is 0 Å². The molecule has 0 saturated heterocycles. The average molecular weight is 246 g/mol. The SMILES string of the molecule is CN(C)C1CC[C@H](c2c[nH]c3ccc(F)cc23)C1. The number of fused-ring (bicyclic) bond motifs is 1. The zero-order valence-electron chi connectivity index (χ0n) is 10.9. The fourth-order valence-corrected chi connectivity index (χ4v) is 3.16. The van der Waals surface area contributed by atoms with Gasteiger partial charge in [-0.1, -0.05) is 0 Å². The van der Waals surface area contributed by atoms with E-state index in [1.165, 1.54) is 30.9 Å². The van der Waals surface area contributed by atoms with Crippen LogP contribution in [0.15, 0.2) is 24.4 Å². The lowest BCUT2D eigenvalue weighted by atomic mass is 9.97. The molecule has 1 saturated carbocycles. The van der Waals surface area contributed by atoms with Crippen molar-refractivity contribution in [2.75, 3.05) is 14.1 Å². The molecule has 18 heavy (non-hydrogen) atoms. The van der Waals surface area contributed by atoms with Crippen molar-refractivity contribution in [2.45, 2.75) is 31.2 Å². The quantitative estimate of drug-likeness (QED) is 0.859. The number of rotatable bonds is 2. The maximum Gasteiger partial charge on any atom is 0.123 e. The zero-order valence-corrected chi connectivity index (χ0v) is 10.9. The van der Waals surface area contributed by atoms with Crippen LogP contribution in [-0.2, 0) is 0 Å². The first-order valence-corrected chi connectivity index (χ1v) is 6.58. The molecule has 0 radical (unpaired) electrons. The third-order valence-electron chi connectivity index (χ3n) is 4.25. The highest BCUT2D eigenvalue weighted by Gasteiger charge is 2.28. The van der Waals surface area contributed by atoms with Gasteiger partial charge < -0.3 is 9.88 Å². The lowest BCUT2D eigenvalue weighted by Crippen LogP contribution is -2.24. The predicted molar refractivity (Wildman–Crippen MR) is 72.3 cm³/mol. The maximum atomic E-state index is 13.4. The van der Waals surface area contributed by atoms with Crippen molar-refractivity contribution in [3.05, 3.63) is 35.8 Å². The molecular weight excluding hydrogens is 227 g/mol. The Bertz CT molecular complexity index is 559. The van der Waals surface area contributed by atoms with Crippen LogP contribution in [0.25, 0.3) is 10.9 Å². The number of benzene rings is 1. The Kier molecular flexibility index (Phi) is 2.86. The van der Waals surface area contributed by atoms with E-state index in [9.17, 15) is 4.39 Å². The molecule has 1 unspecified atom stereocenters. The van der Waals surface area contributed by atoms with E-state index in [4.69, 9.17) is 0 Å². The molecule has 3 heteroatoms. The summed E-state index contributed by atoms with van der Waals surface area (Å²) in [4.78, 5) is 5.56. The molecule has 1 aliphatic carbocycles. The van der Waals surface area contributed by atoms with Gasteiger partial charge in [0.05, 0.1) is 0 Å². The lowest BCUT2D eigenvalue weighted by Gasteiger charge is -2.18. The molecule has 3 rings (SSSR count). The number of hydrogen-bond acceptors (Lipinski definition) is 1. The monoisotopic (exact) mass is 246 g/mol. The van der Waals surface area contributed by atoms with Crippen LogP contribution >= 0.6 is 0 Å². The van der Waals surface area contributed by atoms with Crippen LogP contribution in [0.3, 0.4) is 0 Å². The summed E-state index contributed by atoms with van der Waals surface area (Å²) < 4.78 is 13.4. The molecule has 2 aromatic rings. The lowest BCUT2D eigenvalue weighted by molar-refractivity contribution is 0.297. The van der Waals surface area contributed by atoms with E-state index in [2.05, 4.69) is 30.2 Å². The van der Waals surface area contributed by atoms with Crippen LogP contribution in [-0.4, -0.2) is 30.0 Å². The predicted octanol–water partition coefficient (Wildman–Crippen LogP) is 3.50. The average Bonchev–Trinajstić information content (AvgIpc) is 2.93. The standard InChI is InChI=1S/C15H19FN2/c1-18(2)12-5-3-10(7-12)14-9-17-15-6-4-11(16)8-13(14)15/h4,6,8-10,12,17H,3,5,7H2,1-2H3/t10-,12?/m0/s1. The molecule has 0 amide bonds. The molecule has 1 heterocycles. The zero-order chi connectivity index (χ0) is 12.7. The third-order valence-corrected chi connectivity index (χ3v) is 4.25. The minimum Gasteiger partial charge on any atom is -0.361 e. The fourth-order valence-electron chi connectivity index (χ4n) is 3.16. The highest BCUT2D eigenvalue weighted by Crippen LogP contribution is 2.39. The van der Waals surface area contributed by atoms with Gasteiger partial charge in [-0.2, -0.15) is 0 Å². The van der Waals surface area contributed by atoms with Gasteiger partial charge in [-0.15, -0.1) is 0 Å². The van der Waals surface area contributed by atoms with Crippen LogP contribution < -0.4 is 0 Å². The summed E-state index contributed by atoms with van der Waals surface area (Å²) in [6.07, 6.45) is 5.68. The first kappa shape index (κ1) is 11.7. The maximum absolute atomic E-state index is 13.4. The Labute approximate surface area is 107 Å². The van der Waals surface area contributed by atoms with Gasteiger partial charge in [0.2, 0.25) is 0 Å². The summed E-state index contributed by atoms with van der Waals surface area (Å²) in [6.45, 7) is 0. The smallest absolute Gasteiger partial charge is 0.123 e. The van der Waals surface area contributed by atoms with Crippen LogP contribution in [0.4, 0.5) is 4.39 Å². The Morgan fingerprint density at radius 3 is 2.83 bits per heavy atom. The van der Waals surface area contributed by atoms with Crippen LogP contribution in [0.5, 0.6) is 0 Å². The van der Waals surface area contributed by atoms with Crippen molar-refractivity contribution >= 4 is 10.9 Å². The van der Waals surface area contributed by atoms with Gasteiger partial charge in [0.1, 0.15) is 5.82 Å². The van der Waals surface area contributed by atoms with Crippen molar-refractivity contribution in [1.82, 2.24) is 9.88 Å². The molecule has 1 aromatic heterocycles. The first-order valence-electron chi connectivity index (χ1n) is 6.58. The molecule has 0 spiro atoms. The normalized spacial score (nSPS) is 24.2. The number of hydrogen-bond donors (Lipinski definition) is 1. The van der Waals surface area contributed by atoms with Crippen LogP contribution in [0, 0.1) is 5.82 Å². The van der Waals surface area contributed by atoms with Crippen molar-refractivity contribution in [3.8, 4) is 0 Å². The van der Waals surface area contributed by atoms with Crippen molar-refractivity contribution in [1.29, 1.82) is 0 Å². The van der Waals surface area contributed by atoms with E-state index in [0.717, 1.165) is 10.9 Å². The van der Waals surface area contributed by atoms with Crippen LogP contribution in [0.2, 0.25) is 0 Å². The van der Waals surface area contributed by atoms with Gasteiger partial charge >= 0.3 is 0 Å². The van der Waals surface area contributed by atoms with Gasteiger partial charge in [0.25, 0.3) is 0 Å². The first-order chi connectivity index (χ1) is 8.65. The molecule has 1 aliphatic rings. The van der Waals surface area contributed by atoms with E-state index >= 15 is 0 Å². The summed E-state index contributed by atoms with van der Waals surface area (Å²) >= 11 is 0. The Morgan fingerprint density at radius 2 is 2.11 bits per heavy atom. The van der Waals surface area contributed by atoms with Gasteiger partial charge in [-0.05, 0) is 63.0 Å². The summed E-state index contributed by atoms with van der Waals surface area (Å²) in [7, 11) is 4.28. The Morgan fingerprint density at radius 1 is 1.28 bits per heavy atom. The topological polar surface area (TPSA) is 19.0 Å². The summed E-state index contributed by atoms with van der Waals surface area (Å²) in [5, 5.41) is 1.06. The van der Waals surface area contributed by atoms with Crippen LogP contribution in [0.1, 0.15) is 30.7 Å². The summed E-state index contributed by atoms with van der Waals surface area (Å²) in [6, 6.07) is 5.66. The Balaban J connectivity index is 1.93. The highest BCUT2D eigenvalue weighted by atomic mass is 19.1. The Hall–Kier alpha value is -1.35. The highest BCUT2D eigenvalue weighted by molar-refractivity contribution is 5.83. The minimum atomic E-state index is -0.148. The number of aromatic nitrogens is 1. The number of nitrogens with one attached hydrogen (secondary N) is 1. The second kappa shape index (κ2) is 4.39. The minimum absolute atomic E-state index is 0.148. The molecule has 2 nitrogen and oxygen atoms in total. The fraction of sp³-hybridized carbons (Fsp3) is 0.467. The van der Waals surface area contributed by atoms with Crippen molar-refractivity contribution in [3.63, 3.8) is 0 Å². The molecule has 0 bridgehead atoms. The summed E-state index contributed by atoms with van der Waals surface area (Å²) in [5.74, 6) is 0.415. The van der Waals surface area contributed by atoms with E-state index in [1.807, 2.05) is 6.07 Å². The second-order valence-corrected chi connectivity index (χ2v) is 5.56. The molecule has 1 fully saturated rings.